The van der Waals surface area contributed by atoms with E-state index in [1.54, 1.807) is 94.3 Å². The molecule has 3 heterocycles. The van der Waals surface area contributed by atoms with Crippen LogP contribution in [0.1, 0.15) is 57.7 Å². The van der Waals surface area contributed by atoms with Gasteiger partial charge in [-0.25, -0.2) is 40.9 Å². The molecule has 0 fully saturated rings. The maximum Gasteiger partial charge on any atom is 0.241 e. The van der Waals surface area contributed by atoms with Crippen molar-refractivity contribution in [2.75, 3.05) is 38.8 Å². The summed E-state index contributed by atoms with van der Waals surface area (Å²) in [4.78, 5) is 18.3. The van der Waals surface area contributed by atoms with Crippen LogP contribution in [0, 0.1) is 19.1 Å². The number of aromatic nitrogens is 6. The van der Waals surface area contributed by atoms with Gasteiger partial charge in [-0.2, -0.15) is 15.1 Å². The van der Waals surface area contributed by atoms with Gasteiger partial charge >= 0.3 is 0 Å². The van der Waals surface area contributed by atoms with Gasteiger partial charge in [0.25, 0.3) is 0 Å². The van der Waals surface area contributed by atoms with E-state index in [2.05, 4.69) is 78.3 Å². The average Bonchev–Trinajstić information content (AvgIpc) is 3.86. The highest BCUT2D eigenvalue weighted by molar-refractivity contribution is 14.1. The molecule has 4 aromatic carbocycles. The molecular formula is C50H59IN13O6S2-. The predicted octanol–water partition coefficient (Wildman–Crippen LogP) is 9.39. The normalized spacial score (nSPS) is 12.7. The molecule has 72 heavy (non-hydrogen) atoms. The molecule has 3 aromatic heterocycles. The minimum Gasteiger partial charge on any atom is -0.785 e. The Labute approximate surface area is 434 Å². The Balaban J connectivity index is 0.869. The van der Waals surface area contributed by atoms with Crippen LogP contribution in [0.15, 0.2) is 138 Å². The zero-order valence-corrected chi connectivity index (χ0v) is 44.8. The van der Waals surface area contributed by atoms with Crippen molar-refractivity contribution in [2.45, 2.75) is 88.4 Å². The Morgan fingerprint density at radius 3 is 1.72 bits per heavy atom. The first-order valence-electron chi connectivity index (χ1n) is 22.9. The van der Waals surface area contributed by atoms with Gasteiger partial charge in [-0.15, -0.1) is 0 Å². The van der Waals surface area contributed by atoms with Gasteiger partial charge in [-0.1, -0.05) is 46.9 Å². The van der Waals surface area contributed by atoms with Crippen LogP contribution in [0.2, 0.25) is 0 Å². The molecule has 0 radical (unpaired) electrons. The highest BCUT2D eigenvalue weighted by atomic mass is 127. The Morgan fingerprint density at radius 1 is 0.694 bits per heavy atom. The lowest BCUT2D eigenvalue weighted by molar-refractivity contribution is 0.0415. The second-order valence-electron chi connectivity index (χ2n) is 18.8. The standard InChI is InChI=1S/C50H59IN13O6S2/c1-34-31-52-47(59-45(34)55-39-11-8-13-43(27-39)71(66,67)61-49(3,4)5)57-37-17-15-36(16-18-37)33-63(65)25-26-70-42(30-51)29-50(6,7)62-72(68,69)44-14-9-12-40(28-44)56-46-35(2)32-53-48(60-46)58-38-19-21-41(22-20-38)64-24-10-23-54-64/h8-24,27-28,31-32,42,61-62H,25-26,29-30,33H2,1-7H3,(H2,52,55,57,59)(H2,53,56,58,60)/q-1. The third-order valence-corrected chi connectivity index (χ3v) is 15.1. The number of benzene rings is 4. The van der Waals surface area contributed by atoms with Gasteiger partial charge in [0.1, 0.15) is 11.6 Å². The first-order chi connectivity index (χ1) is 34.1. The van der Waals surface area contributed by atoms with E-state index in [0.717, 1.165) is 33.1 Å². The smallest absolute Gasteiger partial charge is 0.241 e. The second-order valence-corrected chi connectivity index (χ2v) is 23.0. The molecule has 22 heteroatoms. The number of nitrogens with zero attached hydrogens (tertiary/aromatic N) is 7. The first kappa shape index (κ1) is 53.7. The number of anilines is 8. The predicted molar refractivity (Wildman–Crippen MR) is 291 cm³/mol. The van der Waals surface area contributed by atoms with Gasteiger partial charge in [0.15, 0.2) is 0 Å². The van der Waals surface area contributed by atoms with Crippen molar-refractivity contribution < 1.29 is 21.6 Å². The van der Waals surface area contributed by atoms with Gasteiger partial charge in [0.05, 0.1) is 28.2 Å². The van der Waals surface area contributed by atoms with Crippen LogP contribution in [0.3, 0.4) is 0 Å². The van der Waals surface area contributed by atoms with E-state index in [-0.39, 0.29) is 35.6 Å². The van der Waals surface area contributed by atoms with E-state index >= 15 is 0 Å². The Kier molecular flexibility index (Phi) is 17.3. The molecule has 380 valence electrons. The molecule has 7 rings (SSSR count). The summed E-state index contributed by atoms with van der Waals surface area (Å²) in [7, 11) is -7.71. The van der Waals surface area contributed by atoms with Gasteiger partial charge in [-0.3, -0.25) is 0 Å². The van der Waals surface area contributed by atoms with Crippen LogP contribution in [0.5, 0.6) is 0 Å². The molecule has 1 unspecified atom stereocenters. The Bertz CT molecular complexity index is 3160. The first-order valence-corrected chi connectivity index (χ1v) is 27.4. The second kappa shape index (κ2) is 23.2. The molecule has 0 saturated heterocycles. The summed E-state index contributed by atoms with van der Waals surface area (Å²) < 4.78 is 67.4. The summed E-state index contributed by atoms with van der Waals surface area (Å²) in [5, 5.41) is 31.0. The fourth-order valence-corrected chi connectivity index (χ4v) is 10.8. The number of hydrogen-bond donors (Lipinski definition) is 6. The molecule has 0 aliphatic rings. The molecule has 0 saturated carbocycles. The number of aryl methyl sites for hydroxylation is 2. The van der Waals surface area contributed by atoms with Gasteiger partial charge in [0, 0.05) is 87.3 Å². The van der Waals surface area contributed by atoms with Crippen molar-refractivity contribution in [2.24, 2.45) is 0 Å². The van der Waals surface area contributed by atoms with Crippen LogP contribution in [0.4, 0.5) is 46.3 Å². The highest BCUT2D eigenvalue weighted by Gasteiger charge is 2.30. The third kappa shape index (κ3) is 15.4. The zero-order chi connectivity index (χ0) is 51.7. The molecular weight excluding hydrogens is 1070 g/mol. The molecule has 0 amide bonds. The number of rotatable bonds is 23. The van der Waals surface area contributed by atoms with Crippen molar-refractivity contribution in [3.8, 4) is 5.69 Å². The molecule has 19 nitrogen and oxygen atoms in total. The summed E-state index contributed by atoms with van der Waals surface area (Å²) in [6.45, 7) is 13.1. The topological polar surface area (TPSA) is 245 Å². The molecule has 1 atom stereocenters. The van der Waals surface area contributed by atoms with Gasteiger partial charge in [-0.05, 0) is 139 Å². The lowest BCUT2D eigenvalue weighted by Gasteiger charge is -2.32. The van der Waals surface area contributed by atoms with E-state index in [4.69, 9.17) is 4.74 Å². The van der Waals surface area contributed by atoms with E-state index in [9.17, 15) is 22.0 Å². The molecule has 0 aliphatic heterocycles. The number of alkyl halides is 1. The lowest BCUT2D eigenvalue weighted by atomic mass is 9.99. The van der Waals surface area contributed by atoms with Crippen molar-refractivity contribution in [1.29, 1.82) is 0 Å². The molecule has 0 bridgehead atoms. The van der Waals surface area contributed by atoms with Crippen LogP contribution in [-0.4, -0.2) is 86.4 Å². The highest BCUT2D eigenvalue weighted by Crippen LogP contribution is 2.27. The number of halogens is 1. The monoisotopic (exact) mass is 1130 g/mol. The van der Waals surface area contributed by atoms with Gasteiger partial charge in [0.2, 0.25) is 31.9 Å². The minimum atomic E-state index is -3.97. The SMILES string of the molecule is Cc1cnc(Nc2ccc(CN([O-])CCOC(CI)CC(C)(C)NS(=O)(=O)c3cccc(Nc4nc(Nc5ccc(-n6cccn6)cc5)ncc4C)c3)cc2)nc1Nc1cccc(S(=O)(=O)NC(C)(C)C)c1. The van der Waals surface area contributed by atoms with Crippen LogP contribution < -0.4 is 30.7 Å². The maximum atomic E-state index is 13.8. The fraction of sp³-hybridized carbons (Fsp3) is 0.300. The molecule has 0 aliphatic carbocycles. The molecule has 0 spiro atoms. The van der Waals surface area contributed by atoms with Crippen molar-refractivity contribution >= 4 is 88.9 Å². The molecule has 7 aromatic rings. The van der Waals surface area contributed by atoms with E-state index in [1.807, 2.05) is 74.6 Å². The summed E-state index contributed by atoms with van der Waals surface area (Å²) in [5.74, 6) is 1.70. The third-order valence-electron chi connectivity index (χ3n) is 10.7. The molecule has 6 N–H and O–H groups in total. The van der Waals surface area contributed by atoms with Crippen molar-refractivity contribution in [3.63, 3.8) is 0 Å². The van der Waals surface area contributed by atoms with Crippen molar-refractivity contribution in [3.05, 3.63) is 150 Å². The number of sulfonamides is 2. The average molecular weight is 1130 g/mol. The zero-order valence-electron chi connectivity index (χ0n) is 41.0. The minimum absolute atomic E-state index is 0.0795. The number of ether oxygens (including phenoxy) is 1. The summed E-state index contributed by atoms with van der Waals surface area (Å²) in [6, 6.07) is 29.9. The van der Waals surface area contributed by atoms with E-state index in [0.29, 0.717) is 51.4 Å². The van der Waals surface area contributed by atoms with Crippen LogP contribution in [-0.2, 0) is 31.3 Å². The van der Waals surface area contributed by atoms with E-state index in [1.165, 1.54) is 12.1 Å². The van der Waals surface area contributed by atoms with Crippen LogP contribution in [0.25, 0.3) is 5.69 Å². The summed E-state index contributed by atoms with van der Waals surface area (Å²) in [5.41, 5.74) is 4.25. The largest absolute Gasteiger partial charge is 0.785 e. The number of nitrogens with one attached hydrogen (secondary N) is 6. The van der Waals surface area contributed by atoms with Crippen LogP contribution >= 0.6 is 22.6 Å². The summed E-state index contributed by atoms with van der Waals surface area (Å²) in [6.07, 6.45) is 6.96. The Morgan fingerprint density at radius 2 is 1.22 bits per heavy atom. The number of hydroxylamine groups is 2. The van der Waals surface area contributed by atoms with Crippen molar-refractivity contribution in [1.82, 2.24) is 44.2 Å². The quantitative estimate of drug-likeness (QED) is 0.0198. The van der Waals surface area contributed by atoms with Gasteiger partial charge < -0.3 is 36.3 Å². The fourth-order valence-electron chi connectivity index (χ4n) is 7.34. The summed E-state index contributed by atoms with van der Waals surface area (Å²) >= 11 is 2.21. The Hall–Kier alpha value is -6.12. The lowest BCUT2D eigenvalue weighted by Crippen LogP contribution is -2.46. The maximum absolute atomic E-state index is 13.8. The van der Waals surface area contributed by atoms with E-state index < -0.39 is 31.1 Å². The number of hydrogen-bond acceptors (Lipinski definition) is 16.